The first-order valence-electron chi connectivity index (χ1n) is 4.27. The molecule has 1 heterocycles. The van der Waals surface area contributed by atoms with E-state index < -0.39 is 14.6 Å². The minimum Gasteiger partial charge on any atom is -0.360 e. The van der Waals surface area contributed by atoms with Crippen molar-refractivity contribution in [1.82, 2.24) is 4.98 Å². The average molecular weight is 269 g/mol. The molecule has 0 radical (unpaired) electrons. The van der Waals surface area contributed by atoms with Gasteiger partial charge in [0.1, 0.15) is 5.15 Å². The summed E-state index contributed by atoms with van der Waals surface area (Å²) in [6.45, 7) is 3.66. The smallest absolute Gasteiger partial charge is 0.184 e. The Bertz CT molecular complexity index is 439. The molecule has 0 unspecified atom stereocenters. The van der Waals surface area contributed by atoms with Gasteiger partial charge < -0.3 is 5.32 Å². The van der Waals surface area contributed by atoms with Gasteiger partial charge in [0.25, 0.3) is 0 Å². The van der Waals surface area contributed by atoms with Crippen LogP contribution in [0.5, 0.6) is 0 Å². The topological polar surface area (TPSA) is 59.1 Å². The van der Waals surface area contributed by atoms with E-state index in [0.29, 0.717) is 16.8 Å². The lowest BCUT2D eigenvalue weighted by molar-refractivity contribution is 0.560. The van der Waals surface area contributed by atoms with Crippen LogP contribution >= 0.6 is 22.9 Å². The number of halogens is 1. The van der Waals surface area contributed by atoms with Gasteiger partial charge in [-0.15, -0.1) is 11.3 Å². The Morgan fingerprint density at radius 2 is 2.20 bits per heavy atom. The van der Waals surface area contributed by atoms with Gasteiger partial charge in [0.2, 0.25) is 0 Å². The maximum Gasteiger partial charge on any atom is 0.184 e. The second-order valence-electron chi connectivity index (χ2n) is 3.86. The van der Waals surface area contributed by atoms with Gasteiger partial charge in [0, 0.05) is 18.2 Å². The molecule has 0 fully saturated rings. The summed E-state index contributed by atoms with van der Waals surface area (Å²) >= 11 is 6.99. The molecule has 0 aliphatic rings. The maximum atomic E-state index is 11.4. The van der Waals surface area contributed by atoms with Crippen LogP contribution in [0.25, 0.3) is 0 Å². The van der Waals surface area contributed by atoms with E-state index in [9.17, 15) is 8.42 Å². The van der Waals surface area contributed by atoms with Crippen molar-refractivity contribution in [2.45, 2.75) is 18.6 Å². The van der Waals surface area contributed by atoms with E-state index >= 15 is 0 Å². The molecule has 0 bridgehead atoms. The fraction of sp³-hybridized carbons (Fsp3) is 0.625. The summed E-state index contributed by atoms with van der Waals surface area (Å²) in [5.74, 6) is 0. The quantitative estimate of drug-likeness (QED) is 0.908. The Morgan fingerprint density at radius 1 is 1.60 bits per heavy atom. The fourth-order valence-corrected chi connectivity index (χ4v) is 1.93. The summed E-state index contributed by atoms with van der Waals surface area (Å²) in [6.07, 6.45) is 1.23. The molecule has 0 saturated heterocycles. The minimum absolute atomic E-state index is 0.315. The second kappa shape index (κ2) is 4.27. The molecule has 1 aromatic rings. The van der Waals surface area contributed by atoms with E-state index in [0.717, 1.165) is 0 Å². The summed E-state index contributed by atoms with van der Waals surface area (Å²) in [7, 11) is -3.08. The number of anilines is 1. The SMILES string of the molecule is CC(C)(CNc1nc(Cl)cs1)S(C)(=O)=O. The molecule has 15 heavy (non-hydrogen) atoms. The van der Waals surface area contributed by atoms with Crippen molar-refractivity contribution in [2.75, 3.05) is 18.1 Å². The number of sulfone groups is 1. The van der Waals surface area contributed by atoms with Crippen molar-refractivity contribution in [2.24, 2.45) is 0 Å². The highest BCUT2D eigenvalue weighted by molar-refractivity contribution is 7.92. The van der Waals surface area contributed by atoms with E-state index in [1.165, 1.54) is 17.6 Å². The van der Waals surface area contributed by atoms with Crippen molar-refractivity contribution in [3.05, 3.63) is 10.5 Å². The Balaban J connectivity index is 2.65. The number of hydrogen-bond donors (Lipinski definition) is 1. The first-order valence-corrected chi connectivity index (χ1v) is 7.42. The molecule has 1 rings (SSSR count). The zero-order valence-electron chi connectivity index (χ0n) is 8.74. The lowest BCUT2D eigenvalue weighted by atomic mass is 10.2. The van der Waals surface area contributed by atoms with Crippen LogP contribution in [-0.2, 0) is 9.84 Å². The van der Waals surface area contributed by atoms with Crippen molar-refractivity contribution < 1.29 is 8.42 Å². The zero-order valence-corrected chi connectivity index (χ0v) is 11.1. The number of nitrogens with one attached hydrogen (secondary N) is 1. The van der Waals surface area contributed by atoms with Crippen LogP contribution in [0.2, 0.25) is 5.15 Å². The standard InChI is InChI=1S/C8H13ClN2O2S2/c1-8(2,15(3,12)13)5-10-7-11-6(9)4-14-7/h4H,5H2,1-3H3,(H,10,11). The van der Waals surface area contributed by atoms with Crippen LogP contribution < -0.4 is 5.32 Å². The summed E-state index contributed by atoms with van der Waals surface area (Å²) in [5, 5.41) is 5.70. The first-order chi connectivity index (χ1) is 6.72. The van der Waals surface area contributed by atoms with Gasteiger partial charge in [-0.2, -0.15) is 0 Å². The molecule has 7 heteroatoms. The van der Waals surface area contributed by atoms with Gasteiger partial charge in [0.05, 0.1) is 4.75 Å². The molecule has 0 aliphatic heterocycles. The monoisotopic (exact) mass is 268 g/mol. The molecule has 0 saturated carbocycles. The molecular formula is C8H13ClN2O2S2. The molecule has 0 aliphatic carbocycles. The van der Waals surface area contributed by atoms with E-state index in [1.807, 2.05) is 0 Å². The number of aromatic nitrogens is 1. The maximum absolute atomic E-state index is 11.4. The summed E-state index contributed by atoms with van der Waals surface area (Å²) in [6, 6.07) is 0. The van der Waals surface area contributed by atoms with Gasteiger partial charge >= 0.3 is 0 Å². The van der Waals surface area contributed by atoms with E-state index in [4.69, 9.17) is 11.6 Å². The number of rotatable bonds is 4. The van der Waals surface area contributed by atoms with Gasteiger partial charge in [0.15, 0.2) is 15.0 Å². The zero-order chi connectivity index (χ0) is 11.7. The molecule has 86 valence electrons. The third-order valence-electron chi connectivity index (χ3n) is 2.15. The number of hydrogen-bond acceptors (Lipinski definition) is 5. The van der Waals surface area contributed by atoms with Crippen LogP contribution in [0.3, 0.4) is 0 Å². The number of thiazole rings is 1. The van der Waals surface area contributed by atoms with Crippen molar-refractivity contribution in [3.63, 3.8) is 0 Å². The lowest BCUT2D eigenvalue weighted by Gasteiger charge is -2.22. The molecule has 1 aromatic heterocycles. The second-order valence-corrected chi connectivity index (χ2v) is 7.76. The molecule has 0 aromatic carbocycles. The Kier molecular flexibility index (Phi) is 3.63. The van der Waals surface area contributed by atoms with Gasteiger partial charge in [-0.05, 0) is 13.8 Å². The minimum atomic E-state index is -3.08. The third kappa shape index (κ3) is 3.32. The van der Waals surface area contributed by atoms with E-state index in [-0.39, 0.29) is 0 Å². The molecule has 0 atom stereocenters. The van der Waals surface area contributed by atoms with E-state index in [2.05, 4.69) is 10.3 Å². The van der Waals surface area contributed by atoms with Gasteiger partial charge in [-0.25, -0.2) is 13.4 Å². The Labute approximate surface area is 98.6 Å². The first kappa shape index (κ1) is 12.7. The van der Waals surface area contributed by atoms with Crippen LogP contribution in [-0.4, -0.2) is 30.9 Å². The molecule has 4 nitrogen and oxygen atoms in total. The highest BCUT2D eigenvalue weighted by Crippen LogP contribution is 2.21. The average Bonchev–Trinajstić information content (AvgIpc) is 2.46. The highest BCUT2D eigenvalue weighted by atomic mass is 35.5. The van der Waals surface area contributed by atoms with Gasteiger partial charge in [-0.3, -0.25) is 0 Å². The highest BCUT2D eigenvalue weighted by Gasteiger charge is 2.30. The van der Waals surface area contributed by atoms with Crippen LogP contribution in [0, 0.1) is 0 Å². The Hall–Kier alpha value is -0.330. The third-order valence-corrected chi connectivity index (χ3v) is 5.42. The lowest BCUT2D eigenvalue weighted by Crippen LogP contribution is -2.38. The van der Waals surface area contributed by atoms with Gasteiger partial charge in [-0.1, -0.05) is 11.6 Å². The predicted octanol–water partition coefficient (Wildman–Crippen LogP) is 2.03. The van der Waals surface area contributed by atoms with Crippen molar-refractivity contribution >= 4 is 37.9 Å². The Morgan fingerprint density at radius 3 is 2.60 bits per heavy atom. The van der Waals surface area contributed by atoms with Crippen molar-refractivity contribution in [1.29, 1.82) is 0 Å². The van der Waals surface area contributed by atoms with E-state index in [1.54, 1.807) is 19.2 Å². The molecule has 0 spiro atoms. The summed E-state index contributed by atoms with van der Waals surface area (Å²) < 4.78 is 22.0. The van der Waals surface area contributed by atoms with Crippen LogP contribution in [0.1, 0.15) is 13.8 Å². The summed E-state index contributed by atoms with van der Waals surface area (Å²) in [5.41, 5.74) is 0. The molecule has 0 amide bonds. The number of nitrogens with zero attached hydrogens (tertiary/aromatic N) is 1. The predicted molar refractivity (Wildman–Crippen MR) is 64.5 cm³/mol. The largest absolute Gasteiger partial charge is 0.360 e. The fourth-order valence-electron chi connectivity index (χ4n) is 0.755. The van der Waals surface area contributed by atoms with Crippen molar-refractivity contribution in [3.8, 4) is 0 Å². The molecular weight excluding hydrogens is 256 g/mol. The van der Waals surface area contributed by atoms with Crippen LogP contribution in [0.15, 0.2) is 5.38 Å². The van der Waals surface area contributed by atoms with Crippen LogP contribution in [0.4, 0.5) is 5.13 Å². The normalized spacial score (nSPS) is 12.8. The molecule has 1 N–H and O–H groups in total. The summed E-state index contributed by atoms with van der Waals surface area (Å²) in [4.78, 5) is 3.97.